The van der Waals surface area contributed by atoms with Crippen LogP contribution < -0.4 is 0 Å². The van der Waals surface area contributed by atoms with Gasteiger partial charge in [0, 0.05) is 20.0 Å². The molecule has 0 unspecified atom stereocenters. The fourth-order valence-corrected chi connectivity index (χ4v) is 2.43. The molecule has 2 rings (SSSR count). The van der Waals surface area contributed by atoms with Crippen LogP contribution in [0.3, 0.4) is 0 Å². The van der Waals surface area contributed by atoms with Gasteiger partial charge in [0.2, 0.25) is 5.91 Å². The Bertz CT molecular complexity index is 385. The van der Waals surface area contributed by atoms with Gasteiger partial charge >= 0.3 is 0 Å². The minimum Gasteiger partial charge on any atom is -0.393 e. The number of aryl methyl sites for hydroxylation is 1. The standard InChI is InChI=1S/C15H21NO2/c1-16(11-13-9-14(17)10-13)15(18)8-7-12-5-3-2-4-6-12/h2-6,13-14,17H,7-11H2,1H3. The fraction of sp³-hybridized carbons (Fsp3) is 0.533. The van der Waals surface area contributed by atoms with Crippen LogP contribution in [0.5, 0.6) is 0 Å². The summed E-state index contributed by atoms with van der Waals surface area (Å²) in [7, 11) is 1.86. The minimum absolute atomic E-state index is 0.136. The van der Waals surface area contributed by atoms with Crippen molar-refractivity contribution >= 4 is 5.91 Å². The third-order valence-electron chi connectivity index (χ3n) is 3.64. The molecule has 3 heteroatoms. The maximum atomic E-state index is 11.9. The lowest BCUT2D eigenvalue weighted by atomic mass is 9.82. The molecule has 0 saturated heterocycles. The van der Waals surface area contributed by atoms with Crippen molar-refractivity contribution < 1.29 is 9.90 Å². The lowest BCUT2D eigenvalue weighted by Gasteiger charge is -2.34. The summed E-state index contributed by atoms with van der Waals surface area (Å²) >= 11 is 0. The van der Waals surface area contributed by atoms with E-state index in [1.54, 1.807) is 4.90 Å². The van der Waals surface area contributed by atoms with Crippen LogP contribution in [0.15, 0.2) is 30.3 Å². The summed E-state index contributed by atoms with van der Waals surface area (Å²) in [6, 6.07) is 10.1. The van der Waals surface area contributed by atoms with Crippen LogP contribution in [0.4, 0.5) is 0 Å². The smallest absolute Gasteiger partial charge is 0.222 e. The van der Waals surface area contributed by atoms with Crippen LogP contribution in [0.1, 0.15) is 24.8 Å². The number of hydrogen-bond donors (Lipinski definition) is 1. The molecule has 0 heterocycles. The van der Waals surface area contributed by atoms with Crippen molar-refractivity contribution in [2.75, 3.05) is 13.6 Å². The number of rotatable bonds is 5. The lowest BCUT2D eigenvalue weighted by molar-refractivity contribution is -0.131. The first-order valence-corrected chi connectivity index (χ1v) is 6.61. The Morgan fingerprint density at radius 2 is 2.00 bits per heavy atom. The molecule has 1 N–H and O–H groups in total. The van der Waals surface area contributed by atoms with E-state index in [1.165, 1.54) is 5.56 Å². The first-order valence-electron chi connectivity index (χ1n) is 6.61. The van der Waals surface area contributed by atoms with Crippen LogP contribution in [0, 0.1) is 5.92 Å². The molecule has 0 bridgehead atoms. The number of amides is 1. The molecule has 1 aromatic carbocycles. The molecule has 0 aromatic heterocycles. The zero-order valence-electron chi connectivity index (χ0n) is 10.9. The van der Waals surface area contributed by atoms with Crippen molar-refractivity contribution in [3.8, 4) is 0 Å². The van der Waals surface area contributed by atoms with Gasteiger partial charge in [-0.15, -0.1) is 0 Å². The highest BCUT2D eigenvalue weighted by atomic mass is 16.3. The second kappa shape index (κ2) is 6.01. The molecular weight excluding hydrogens is 226 g/mol. The highest BCUT2D eigenvalue weighted by Gasteiger charge is 2.28. The predicted octanol–water partition coefficient (Wildman–Crippen LogP) is 1.85. The van der Waals surface area contributed by atoms with Gasteiger partial charge in [-0.05, 0) is 30.7 Å². The molecule has 0 aliphatic heterocycles. The topological polar surface area (TPSA) is 40.5 Å². The van der Waals surface area contributed by atoms with E-state index in [1.807, 2.05) is 25.2 Å². The summed E-state index contributed by atoms with van der Waals surface area (Å²) in [4.78, 5) is 13.7. The van der Waals surface area contributed by atoms with E-state index in [0.717, 1.165) is 25.8 Å². The predicted molar refractivity (Wildman–Crippen MR) is 71.1 cm³/mol. The summed E-state index contributed by atoms with van der Waals surface area (Å²) in [6.07, 6.45) is 2.92. The highest BCUT2D eigenvalue weighted by Crippen LogP contribution is 2.27. The number of hydrogen-bond acceptors (Lipinski definition) is 2. The average Bonchev–Trinajstić information content (AvgIpc) is 2.35. The maximum absolute atomic E-state index is 11.9. The molecule has 1 aromatic rings. The maximum Gasteiger partial charge on any atom is 0.222 e. The third kappa shape index (κ3) is 3.57. The fourth-order valence-electron chi connectivity index (χ4n) is 2.43. The van der Waals surface area contributed by atoms with Crippen molar-refractivity contribution in [1.82, 2.24) is 4.90 Å². The van der Waals surface area contributed by atoms with E-state index in [9.17, 15) is 9.90 Å². The molecule has 98 valence electrons. The Morgan fingerprint density at radius 3 is 2.61 bits per heavy atom. The number of carbonyl (C=O) groups is 1. The van der Waals surface area contributed by atoms with E-state index < -0.39 is 0 Å². The van der Waals surface area contributed by atoms with Crippen LogP contribution in [0.2, 0.25) is 0 Å². The number of nitrogens with zero attached hydrogens (tertiary/aromatic N) is 1. The molecule has 0 atom stereocenters. The molecule has 1 saturated carbocycles. The van der Waals surface area contributed by atoms with Gasteiger partial charge in [-0.3, -0.25) is 4.79 Å². The second-order valence-electron chi connectivity index (χ2n) is 5.25. The molecule has 1 amide bonds. The van der Waals surface area contributed by atoms with Crippen molar-refractivity contribution in [3.63, 3.8) is 0 Å². The third-order valence-corrected chi connectivity index (χ3v) is 3.64. The van der Waals surface area contributed by atoms with E-state index in [0.29, 0.717) is 12.3 Å². The van der Waals surface area contributed by atoms with Crippen LogP contribution >= 0.6 is 0 Å². The quantitative estimate of drug-likeness (QED) is 0.862. The summed E-state index contributed by atoms with van der Waals surface area (Å²) in [5.41, 5.74) is 1.21. The van der Waals surface area contributed by atoms with Crippen molar-refractivity contribution in [2.45, 2.75) is 31.8 Å². The van der Waals surface area contributed by atoms with Crippen LogP contribution in [-0.4, -0.2) is 35.6 Å². The second-order valence-corrected chi connectivity index (χ2v) is 5.25. The normalized spacial score (nSPS) is 22.3. The zero-order chi connectivity index (χ0) is 13.0. The van der Waals surface area contributed by atoms with E-state index >= 15 is 0 Å². The molecule has 1 fully saturated rings. The van der Waals surface area contributed by atoms with Gasteiger partial charge in [-0.1, -0.05) is 30.3 Å². The molecule has 18 heavy (non-hydrogen) atoms. The van der Waals surface area contributed by atoms with Gasteiger partial charge in [-0.25, -0.2) is 0 Å². The van der Waals surface area contributed by atoms with Gasteiger partial charge in [0.15, 0.2) is 0 Å². The molecule has 1 aliphatic rings. The Morgan fingerprint density at radius 1 is 1.33 bits per heavy atom. The van der Waals surface area contributed by atoms with Crippen molar-refractivity contribution in [3.05, 3.63) is 35.9 Å². The van der Waals surface area contributed by atoms with Gasteiger partial charge in [-0.2, -0.15) is 0 Å². The van der Waals surface area contributed by atoms with Crippen molar-refractivity contribution in [1.29, 1.82) is 0 Å². The van der Waals surface area contributed by atoms with Gasteiger partial charge < -0.3 is 10.0 Å². The summed E-state index contributed by atoms with van der Waals surface area (Å²) in [5, 5.41) is 9.22. The Labute approximate surface area is 108 Å². The van der Waals surface area contributed by atoms with Crippen molar-refractivity contribution in [2.24, 2.45) is 5.92 Å². The van der Waals surface area contributed by atoms with Crippen LogP contribution in [-0.2, 0) is 11.2 Å². The van der Waals surface area contributed by atoms with E-state index in [2.05, 4.69) is 12.1 Å². The summed E-state index contributed by atoms with van der Waals surface area (Å²) < 4.78 is 0. The summed E-state index contributed by atoms with van der Waals surface area (Å²) in [6.45, 7) is 0.782. The molecule has 0 spiro atoms. The summed E-state index contributed by atoms with van der Waals surface area (Å²) in [5.74, 6) is 0.686. The highest BCUT2D eigenvalue weighted by molar-refractivity contribution is 5.76. The first-order chi connectivity index (χ1) is 8.65. The van der Waals surface area contributed by atoms with Gasteiger partial charge in [0.1, 0.15) is 0 Å². The minimum atomic E-state index is -0.136. The van der Waals surface area contributed by atoms with Gasteiger partial charge in [0.25, 0.3) is 0 Å². The SMILES string of the molecule is CN(CC1CC(O)C1)C(=O)CCc1ccccc1. The molecular formula is C15H21NO2. The largest absolute Gasteiger partial charge is 0.393 e. The van der Waals surface area contributed by atoms with E-state index in [-0.39, 0.29) is 12.0 Å². The lowest BCUT2D eigenvalue weighted by Crippen LogP contribution is -2.39. The van der Waals surface area contributed by atoms with E-state index in [4.69, 9.17) is 0 Å². The average molecular weight is 247 g/mol. The van der Waals surface area contributed by atoms with Crippen LogP contribution in [0.25, 0.3) is 0 Å². The molecule has 3 nitrogen and oxygen atoms in total. The monoisotopic (exact) mass is 247 g/mol. The number of carbonyl (C=O) groups excluding carboxylic acids is 1. The Balaban J connectivity index is 1.71. The molecule has 0 radical (unpaired) electrons. The first kappa shape index (κ1) is 13.1. The zero-order valence-corrected chi connectivity index (χ0v) is 10.9. The Hall–Kier alpha value is -1.35. The number of benzene rings is 1. The number of aliphatic hydroxyl groups excluding tert-OH is 1. The number of aliphatic hydroxyl groups is 1. The Kier molecular flexibility index (Phi) is 4.37. The molecule has 1 aliphatic carbocycles. The van der Waals surface area contributed by atoms with Gasteiger partial charge in [0.05, 0.1) is 6.10 Å².